The molecule has 0 bridgehead atoms. The quantitative estimate of drug-likeness (QED) is 0.439. The van der Waals surface area contributed by atoms with E-state index in [1.165, 1.54) is 0 Å². The Morgan fingerprint density at radius 2 is 1.95 bits per heavy atom. The van der Waals surface area contributed by atoms with Gasteiger partial charge in [0.2, 0.25) is 0 Å². The van der Waals surface area contributed by atoms with Crippen LogP contribution in [0.4, 0.5) is 22.0 Å². The van der Waals surface area contributed by atoms with E-state index in [1.807, 2.05) is 0 Å². The zero-order chi connectivity index (χ0) is 14.3. The predicted octanol–water partition coefficient (Wildman–Crippen LogP) is 2.57. The number of alkyl halides is 5. The van der Waals surface area contributed by atoms with Crippen molar-refractivity contribution in [2.24, 2.45) is 15.1 Å². The van der Waals surface area contributed by atoms with Crippen LogP contribution in [0.3, 0.4) is 0 Å². The van der Waals surface area contributed by atoms with Crippen molar-refractivity contribution in [2.45, 2.75) is 12.1 Å². The molecule has 2 aliphatic heterocycles. The van der Waals surface area contributed by atoms with Gasteiger partial charge in [-0.3, -0.25) is 4.99 Å². The minimum atomic E-state index is -5.70. The van der Waals surface area contributed by atoms with Gasteiger partial charge in [0.15, 0.2) is 12.8 Å². The number of aliphatic imine (C=N–C) groups is 2. The van der Waals surface area contributed by atoms with Gasteiger partial charge in [-0.1, -0.05) is 0 Å². The summed E-state index contributed by atoms with van der Waals surface area (Å²) in [5, 5.41) is 3.69. The Labute approximate surface area is 111 Å². The van der Waals surface area contributed by atoms with E-state index in [2.05, 4.69) is 35.9 Å². The Bertz CT molecular complexity index is 512. The zero-order valence-electron chi connectivity index (χ0n) is 8.90. The van der Waals surface area contributed by atoms with E-state index in [0.717, 1.165) is 18.6 Å². The van der Waals surface area contributed by atoms with Crippen LogP contribution in [-0.4, -0.2) is 40.3 Å². The molecule has 2 heterocycles. The molecule has 1 atom stereocenters. The van der Waals surface area contributed by atoms with Crippen LogP contribution >= 0.6 is 15.9 Å². The van der Waals surface area contributed by atoms with Crippen molar-refractivity contribution < 1.29 is 31.5 Å². The number of hydroxylamine groups is 2. The average Bonchev–Trinajstić information content (AvgIpc) is 2.61. The molecule has 2 aliphatic rings. The van der Waals surface area contributed by atoms with E-state index in [4.69, 9.17) is 0 Å². The maximum absolute atomic E-state index is 12.8. The van der Waals surface area contributed by atoms with Gasteiger partial charge in [0.05, 0.1) is 6.20 Å². The maximum atomic E-state index is 12.8. The van der Waals surface area contributed by atoms with Crippen molar-refractivity contribution in [3.63, 3.8) is 0 Å². The molecule has 0 aromatic carbocycles. The number of fused-ring (bicyclic) bond motifs is 1. The normalized spacial score (nSPS) is 26.2. The molecule has 5 nitrogen and oxygen atoms in total. The van der Waals surface area contributed by atoms with Crippen LogP contribution in [0.15, 0.2) is 27.5 Å². The van der Waals surface area contributed by atoms with Gasteiger partial charge in [-0.15, -0.1) is 0 Å². The van der Waals surface area contributed by atoms with E-state index in [9.17, 15) is 22.0 Å². The predicted molar refractivity (Wildman–Crippen MR) is 58.6 cm³/mol. The highest BCUT2D eigenvalue weighted by Gasteiger charge is 2.60. The van der Waals surface area contributed by atoms with Crippen LogP contribution in [0, 0.1) is 0 Å². The van der Waals surface area contributed by atoms with Crippen molar-refractivity contribution in [3.8, 4) is 0 Å². The van der Waals surface area contributed by atoms with Crippen LogP contribution < -0.4 is 0 Å². The molecule has 0 aliphatic carbocycles. The largest absolute Gasteiger partial charge is 0.456 e. The lowest BCUT2D eigenvalue weighted by molar-refractivity contribution is -1.000. The first-order chi connectivity index (χ1) is 8.66. The number of hydrogen-bond acceptors (Lipinski definition) is 4. The van der Waals surface area contributed by atoms with Gasteiger partial charge in [0.25, 0.3) is 4.74 Å². The molecule has 0 radical (unpaired) electrons. The summed E-state index contributed by atoms with van der Waals surface area (Å²) in [6, 6.07) is 0. The number of quaternary nitrogens is 1. The molecule has 104 valence electrons. The molecule has 0 saturated heterocycles. The summed E-state index contributed by atoms with van der Waals surface area (Å²) in [5.41, 5.74) is 0. The Morgan fingerprint density at radius 3 is 2.58 bits per heavy atom. The molecule has 11 heteroatoms. The Hall–Kier alpha value is -1.20. The summed E-state index contributed by atoms with van der Waals surface area (Å²) in [4.78, 5) is 12.0. The third-order valence-electron chi connectivity index (χ3n) is 2.17. The Balaban J connectivity index is 2.18. The van der Waals surface area contributed by atoms with Gasteiger partial charge < -0.3 is 0 Å². The fourth-order valence-electron chi connectivity index (χ4n) is 1.22. The second-order valence-electron chi connectivity index (χ2n) is 3.51. The molecule has 0 aromatic rings. The first-order valence-electron chi connectivity index (χ1n) is 4.70. The highest BCUT2D eigenvalue weighted by molar-refractivity contribution is 9.18. The molecule has 1 unspecified atom stereocenters. The average molecular weight is 348 g/mol. The third kappa shape index (κ3) is 2.58. The van der Waals surface area contributed by atoms with Crippen LogP contribution in [0.1, 0.15) is 0 Å². The van der Waals surface area contributed by atoms with Crippen LogP contribution in [0.5, 0.6) is 0 Å². The summed E-state index contributed by atoms with van der Waals surface area (Å²) in [6.07, 6.45) is -2.32. The number of hydrogen-bond donors (Lipinski definition) is 0. The summed E-state index contributed by atoms with van der Waals surface area (Å²) in [5.74, 6) is -5.02. The lowest BCUT2D eigenvalue weighted by Gasteiger charge is -2.25. The summed E-state index contributed by atoms with van der Waals surface area (Å²) in [6.45, 7) is -1.89. The third-order valence-corrected chi connectivity index (χ3v) is 2.50. The molecule has 19 heavy (non-hydrogen) atoms. The molecular formula is C8H5BrF5N4O+. The SMILES string of the molecule is FC(F)(F)C(F)(F)CO[N+]12C=CN=CC1=NC(Br)=N2. The van der Waals surface area contributed by atoms with Crippen molar-refractivity contribution >= 4 is 32.7 Å². The molecule has 0 saturated carbocycles. The number of rotatable bonds is 3. The van der Waals surface area contributed by atoms with Crippen molar-refractivity contribution in [3.05, 3.63) is 12.4 Å². The van der Waals surface area contributed by atoms with Crippen molar-refractivity contribution in [1.82, 2.24) is 0 Å². The molecule has 0 fully saturated rings. The Kier molecular flexibility index (Phi) is 3.31. The van der Waals surface area contributed by atoms with Crippen molar-refractivity contribution in [1.29, 1.82) is 0 Å². The monoisotopic (exact) mass is 347 g/mol. The fourth-order valence-corrected chi connectivity index (χ4v) is 1.64. The second kappa shape index (κ2) is 4.42. The van der Waals surface area contributed by atoms with Crippen molar-refractivity contribution in [2.75, 3.05) is 6.61 Å². The topological polar surface area (TPSA) is 46.3 Å². The summed E-state index contributed by atoms with van der Waals surface area (Å²) in [7, 11) is 0. The molecule has 0 aromatic heterocycles. The molecule has 2 rings (SSSR count). The number of nitrogens with zero attached hydrogens (tertiary/aromatic N) is 4. The Morgan fingerprint density at radius 1 is 1.26 bits per heavy atom. The first-order valence-corrected chi connectivity index (χ1v) is 5.49. The van der Waals surface area contributed by atoms with Crippen LogP contribution in [0.2, 0.25) is 0 Å². The van der Waals surface area contributed by atoms with Crippen LogP contribution in [-0.2, 0) is 4.84 Å². The van der Waals surface area contributed by atoms with E-state index in [1.54, 1.807) is 0 Å². The van der Waals surface area contributed by atoms with E-state index in [-0.39, 0.29) is 10.6 Å². The van der Waals surface area contributed by atoms with Gasteiger partial charge in [-0.25, -0.2) is 0 Å². The minimum absolute atomic E-state index is 0.00387. The summed E-state index contributed by atoms with van der Waals surface area (Å²) >= 11 is 2.89. The summed E-state index contributed by atoms with van der Waals surface area (Å²) < 4.78 is 60.7. The standard InChI is InChI=1S/C8H5BrF5N4O/c9-6-16-5-3-15-1-2-18(5,17-6)19-4-7(10,11)8(12,13)14/h1-3H,4H2/q+1. The van der Waals surface area contributed by atoms with Gasteiger partial charge >= 0.3 is 17.9 Å². The molecule has 0 N–H and O–H groups in total. The highest BCUT2D eigenvalue weighted by atomic mass is 79.9. The lowest BCUT2D eigenvalue weighted by atomic mass is 10.3. The zero-order valence-corrected chi connectivity index (χ0v) is 10.5. The van der Waals surface area contributed by atoms with E-state index >= 15 is 0 Å². The smallest absolute Gasteiger partial charge is 0.251 e. The lowest BCUT2D eigenvalue weighted by Crippen LogP contribution is -2.49. The van der Waals surface area contributed by atoms with E-state index < -0.39 is 23.5 Å². The fraction of sp³-hybridized carbons (Fsp3) is 0.375. The van der Waals surface area contributed by atoms with Gasteiger partial charge in [0, 0.05) is 20.7 Å². The molecule has 0 spiro atoms. The number of halogens is 6. The second-order valence-corrected chi connectivity index (χ2v) is 4.22. The first kappa shape index (κ1) is 14.2. The minimum Gasteiger partial charge on any atom is -0.251 e. The maximum Gasteiger partial charge on any atom is 0.456 e. The van der Waals surface area contributed by atoms with Gasteiger partial charge in [0.1, 0.15) is 6.21 Å². The van der Waals surface area contributed by atoms with Crippen LogP contribution in [0.25, 0.3) is 0 Å². The highest BCUT2D eigenvalue weighted by Crippen LogP contribution is 2.37. The van der Waals surface area contributed by atoms with E-state index in [0.29, 0.717) is 0 Å². The van der Waals surface area contributed by atoms with Gasteiger partial charge in [-0.2, -0.15) is 31.8 Å². The molecular weight excluding hydrogens is 343 g/mol. The molecule has 0 amide bonds. The van der Waals surface area contributed by atoms with Gasteiger partial charge in [-0.05, 0) is 5.10 Å². The number of amidine groups is 2.